The third kappa shape index (κ3) is 2.22. The number of hydrogen-bond acceptors (Lipinski definition) is 3. The Morgan fingerprint density at radius 2 is 2.22 bits per heavy atom. The number of hydrogen-bond donors (Lipinski definition) is 1. The van der Waals surface area contributed by atoms with Gasteiger partial charge in [-0.1, -0.05) is 6.07 Å². The fraction of sp³-hybridized carbons (Fsp3) is 0.357. The van der Waals surface area contributed by atoms with Crippen LogP contribution in [0.3, 0.4) is 0 Å². The summed E-state index contributed by atoms with van der Waals surface area (Å²) in [5.41, 5.74) is 1.12. The largest absolute Gasteiger partial charge is 0.355 e. The van der Waals surface area contributed by atoms with Gasteiger partial charge in [-0.05, 0) is 53.1 Å². The maximum absolute atomic E-state index is 12.3. The van der Waals surface area contributed by atoms with Crippen molar-refractivity contribution >= 4 is 28.6 Å². The Morgan fingerprint density at radius 1 is 1.33 bits per heavy atom. The molecular weight excluding hydrogens is 262 g/mol. The number of carbonyl (C=O) groups is 1. The van der Waals surface area contributed by atoms with Crippen molar-refractivity contribution < 1.29 is 4.79 Å². The molecule has 2 nitrogen and oxygen atoms in total. The van der Waals surface area contributed by atoms with Gasteiger partial charge in [-0.15, -0.1) is 11.3 Å². The lowest BCUT2D eigenvalue weighted by atomic mass is 10.0. The van der Waals surface area contributed by atoms with Crippen molar-refractivity contribution in [3.8, 4) is 0 Å². The standard InChI is InChI=1S/C14H15NOS2/c16-13(15-7-3-11-4-9-17-10-11)14(5-6-14)12-2-1-8-18-12/h1-2,4,8-10H,3,5-7H2,(H,15,16). The van der Waals surface area contributed by atoms with Gasteiger partial charge in [-0.2, -0.15) is 11.3 Å². The second-order valence-corrected chi connectivity index (χ2v) is 6.42. The molecule has 0 saturated heterocycles. The normalized spacial score (nSPS) is 16.4. The molecule has 3 rings (SSSR count). The maximum atomic E-state index is 12.3. The smallest absolute Gasteiger partial charge is 0.231 e. The van der Waals surface area contributed by atoms with E-state index in [-0.39, 0.29) is 11.3 Å². The average Bonchev–Trinajstić information content (AvgIpc) is 2.85. The van der Waals surface area contributed by atoms with Crippen molar-refractivity contribution in [2.45, 2.75) is 24.7 Å². The van der Waals surface area contributed by atoms with Crippen LogP contribution in [0.2, 0.25) is 0 Å². The van der Waals surface area contributed by atoms with Crippen molar-refractivity contribution in [1.29, 1.82) is 0 Å². The summed E-state index contributed by atoms with van der Waals surface area (Å²) in [4.78, 5) is 13.5. The number of rotatable bonds is 5. The Morgan fingerprint density at radius 3 is 2.83 bits per heavy atom. The van der Waals surface area contributed by atoms with Gasteiger partial charge in [0.05, 0.1) is 5.41 Å². The van der Waals surface area contributed by atoms with Crippen LogP contribution in [0.25, 0.3) is 0 Å². The lowest BCUT2D eigenvalue weighted by molar-refractivity contribution is -0.123. The van der Waals surface area contributed by atoms with Gasteiger partial charge in [0.25, 0.3) is 0 Å². The molecule has 1 amide bonds. The van der Waals surface area contributed by atoms with Crippen molar-refractivity contribution in [2.24, 2.45) is 0 Å². The van der Waals surface area contributed by atoms with Crippen LogP contribution >= 0.6 is 22.7 Å². The van der Waals surface area contributed by atoms with Crippen LogP contribution in [0.15, 0.2) is 34.3 Å². The highest BCUT2D eigenvalue weighted by Crippen LogP contribution is 2.50. The third-order valence-corrected chi connectivity index (χ3v) is 5.26. The molecule has 2 heterocycles. The van der Waals surface area contributed by atoms with Crippen molar-refractivity contribution in [2.75, 3.05) is 6.54 Å². The Hall–Kier alpha value is -1.13. The number of carbonyl (C=O) groups excluding carboxylic acids is 1. The molecule has 0 bridgehead atoms. The lowest BCUT2D eigenvalue weighted by Crippen LogP contribution is -2.35. The predicted octanol–water partition coefficient (Wildman–Crippen LogP) is 3.20. The van der Waals surface area contributed by atoms with Gasteiger partial charge in [-0.25, -0.2) is 0 Å². The molecular formula is C14H15NOS2. The van der Waals surface area contributed by atoms with Crippen molar-refractivity contribution in [1.82, 2.24) is 5.32 Å². The van der Waals surface area contributed by atoms with Crippen LogP contribution in [-0.2, 0) is 16.6 Å². The molecule has 94 valence electrons. The first-order chi connectivity index (χ1) is 8.81. The number of thiophene rings is 2. The molecule has 1 fully saturated rings. The molecule has 18 heavy (non-hydrogen) atoms. The second-order valence-electron chi connectivity index (χ2n) is 4.70. The van der Waals surface area contributed by atoms with E-state index in [1.807, 2.05) is 11.4 Å². The predicted molar refractivity (Wildman–Crippen MR) is 76.3 cm³/mol. The molecule has 0 atom stereocenters. The minimum atomic E-state index is -0.192. The topological polar surface area (TPSA) is 29.1 Å². The van der Waals surface area contributed by atoms with Crippen LogP contribution in [0.4, 0.5) is 0 Å². The molecule has 0 aliphatic heterocycles. The molecule has 0 unspecified atom stereocenters. The van der Waals surface area contributed by atoms with Gasteiger partial charge in [0, 0.05) is 11.4 Å². The summed E-state index contributed by atoms with van der Waals surface area (Å²) in [6, 6.07) is 6.22. The summed E-state index contributed by atoms with van der Waals surface area (Å²) < 4.78 is 0. The maximum Gasteiger partial charge on any atom is 0.231 e. The van der Waals surface area contributed by atoms with Crippen molar-refractivity contribution in [3.05, 3.63) is 44.8 Å². The Labute approximate surface area is 115 Å². The fourth-order valence-corrected chi connectivity index (χ4v) is 3.87. The van der Waals surface area contributed by atoms with Gasteiger partial charge in [0.1, 0.15) is 0 Å². The van der Waals surface area contributed by atoms with Gasteiger partial charge in [0.2, 0.25) is 5.91 Å². The third-order valence-electron chi connectivity index (χ3n) is 3.46. The van der Waals surface area contributed by atoms with Gasteiger partial charge < -0.3 is 5.32 Å². The Kier molecular flexibility index (Phi) is 3.22. The summed E-state index contributed by atoms with van der Waals surface area (Å²) in [5.74, 6) is 0.208. The van der Waals surface area contributed by atoms with Crippen molar-refractivity contribution in [3.63, 3.8) is 0 Å². The van der Waals surface area contributed by atoms with Crippen LogP contribution in [-0.4, -0.2) is 12.5 Å². The van der Waals surface area contributed by atoms with E-state index in [1.54, 1.807) is 22.7 Å². The summed E-state index contributed by atoms with van der Waals surface area (Å²) in [5, 5.41) is 9.35. The second kappa shape index (κ2) is 4.86. The summed E-state index contributed by atoms with van der Waals surface area (Å²) in [7, 11) is 0. The molecule has 1 aliphatic rings. The van der Waals surface area contributed by atoms with E-state index in [4.69, 9.17) is 0 Å². The fourth-order valence-electron chi connectivity index (χ4n) is 2.19. The summed E-state index contributed by atoms with van der Waals surface area (Å²) in [6.07, 6.45) is 2.92. The van der Waals surface area contributed by atoms with Crippen LogP contribution in [0.5, 0.6) is 0 Å². The van der Waals surface area contributed by atoms with Gasteiger partial charge in [-0.3, -0.25) is 4.79 Å². The van der Waals surface area contributed by atoms with E-state index in [0.29, 0.717) is 0 Å². The van der Waals surface area contributed by atoms with Gasteiger partial charge >= 0.3 is 0 Å². The molecule has 0 spiro atoms. The Bertz CT molecular complexity index is 512. The molecule has 1 N–H and O–H groups in total. The van der Waals surface area contributed by atoms with Crippen LogP contribution < -0.4 is 5.32 Å². The molecule has 1 aliphatic carbocycles. The van der Waals surface area contributed by atoms with E-state index in [2.05, 4.69) is 28.2 Å². The minimum Gasteiger partial charge on any atom is -0.355 e. The summed E-state index contributed by atoms with van der Waals surface area (Å²) >= 11 is 3.40. The van der Waals surface area contributed by atoms with E-state index >= 15 is 0 Å². The first-order valence-electron chi connectivity index (χ1n) is 6.15. The zero-order valence-electron chi connectivity index (χ0n) is 10.0. The van der Waals surface area contributed by atoms with E-state index in [0.717, 1.165) is 25.8 Å². The quantitative estimate of drug-likeness (QED) is 0.893. The highest BCUT2D eigenvalue weighted by molar-refractivity contribution is 7.10. The highest BCUT2D eigenvalue weighted by Gasteiger charge is 2.51. The number of amides is 1. The molecule has 2 aromatic heterocycles. The van der Waals surface area contributed by atoms with Gasteiger partial charge in [0.15, 0.2) is 0 Å². The monoisotopic (exact) mass is 277 g/mol. The van der Waals surface area contributed by atoms with Crippen LogP contribution in [0, 0.1) is 0 Å². The Balaban J connectivity index is 1.56. The molecule has 0 aromatic carbocycles. The van der Waals surface area contributed by atoms with Crippen LogP contribution in [0.1, 0.15) is 23.3 Å². The molecule has 4 heteroatoms. The lowest BCUT2D eigenvalue weighted by Gasteiger charge is -2.13. The zero-order valence-corrected chi connectivity index (χ0v) is 11.7. The number of nitrogens with one attached hydrogen (secondary N) is 1. The zero-order chi connectivity index (χ0) is 12.4. The molecule has 0 radical (unpaired) electrons. The van der Waals surface area contributed by atoms with E-state index < -0.39 is 0 Å². The minimum absolute atomic E-state index is 0.192. The first kappa shape index (κ1) is 11.9. The average molecular weight is 277 g/mol. The highest BCUT2D eigenvalue weighted by atomic mass is 32.1. The first-order valence-corrected chi connectivity index (χ1v) is 7.97. The molecule has 2 aromatic rings. The van der Waals surface area contributed by atoms with E-state index in [9.17, 15) is 4.79 Å². The summed E-state index contributed by atoms with van der Waals surface area (Å²) in [6.45, 7) is 0.739. The van der Waals surface area contributed by atoms with E-state index in [1.165, 1.54) is 10.4 Å². The SMILES string of the molecule is O=C(NCCc1ccsc1)C1(c2cccs2)CC1. The molecule has 1 saturated carbocycles.